The van der Waals surface area contributed by atoms with Crippen molar-refractivity contribution in [2.45, 2.75) is 13.3 Å². The van der Waals surface area contributed by atoms with Gasteiger partial charge in [-0.15, -0.1) is 0 Å². The molecule has 0 atom stereocenters. The Morgan fingerprint density at radius 3 is 3.00 bits per heavy atom. The molecule has 0 saturated heterocycles. The predicted molar refractivity (Wildman–Crippen MR) is 64.7 cm³/mol. The number of alkyl halides is 1. The minimum Gasteiger partial charge on any atom is -0.493 e. The van der Waals surface area contributed by atoms with Gasteiger partial charge in [-0.3, -0.25) is 4.79 Å². The Kier molecular flexibility index (Phi) is 5.18. The number of amides is 1. The quantitative estimate of drug-likeness (QED) is 0.661. The minimum atomic E-state index is -0.0763. The second-order valence-corrected chi connectivity index (χ2v) is 3.89. The molecule has 3 nitrogen and oxygen atoms in total. The molecule has 0 aromatic heterocycles. The Labute approximate surface area is 97.9 Å². The van der Waals surface area contributed by atoms with Crippen molar-refractivity contribution >= 4 is 27.5 Å². The van der Waals surface area contributed by atoms with Crippen molar-refractivity contribution in [3.05, 3.63) is 24.3 Å². The number of benzene rings is 1. The fraction of sp³-hybridized carbons (Fsp3) is 0.364. The van der Waals surface area contributed by atoms with Gasteiger partial charge in [0, 0.05) is 24.0 Å². The molecule has 0 radical (unpaired) electrons. The van der Waals surface area contributed by atoms with Crippen LogP contribution in [-0.4, -0.2) is 17.8 Å². The van der Waals surface area contributed by atoms with E-state index in [1.165, 1.54) is 6.92 Å². The summed E-state index contributed by atoms with van der Waals surface area (Å²) in [7, 11) is 0. The number of carbonyl (C=O) groups excluding carboxylic acids is 1. The highest BCUT2D eigenvalue weighted by molar-refractivity contribution is 9.09. The van der Waals surface area contributed by atoms with Crippen LogP contribution in [0.2, 0.25) is 0 Å². The molecule has 4 heteroatoms. The lowest BCUT2D eigenvalue weighted by Gasteiger charge is -2.07. The Morgan fingerprint density at radius 1 is 1.53 bits per heavy atom. The van der Waals surface area contributed by atoms with Gasteiger partial charge in [0.05, 0.1) is 6.61 Å². The van der Waals surface area contributed by atoms with Crippen LogP contribution >= 0.6 is 15.9 Å². The first-order valence-corrected chi connectivity index (χ1v) is 5.91. The minimum absolute atomic E-state index is 0.0763. The molecule has 0 bridgehead atoms. The van der Waals surface area contributed by atoms with Gasteiger partial charge in [-0.2, -0.15) is 0 Å². The Bertz CT molecular complexity index is 328. The van der Waals surface area contributed by atoms with Gasteiger partial charge in [0.2, 0.25) is 5.91 Å². The fourth-order valence-corrected chi connectivity index (χ4v) is 1.34. The SMILES string of the molecule is CC(=O)Nc1cccc(OCCCBr)c1. The smallest absolute Gasteiger partial charge is 0.221 e. The first kappa shape index (κ1) is 12.0. The molecule has 0 heterocycles. The van der Waals surface area contributed by atoms with Gasteiger partial charge < -0.3 is 10.1 Å². The van der Waals surface area contributed by atoms with E-state index < -0.39 is 0 Å². The zero-order valence-corrected chi connectivity index (χ0v) is 10.2. The van der Waals surface area contributed by atoms with E-state index in [1.54, 1.807) is 0 Å². The van der Waals surface area contributed by atoms with Crippen LogP contribution in [0.5, 0.6) is 5.75 Å². The van der Waals surface area contributed by atoms with Crippen molar-refractivity contribution in [1.29, 1.82) is 0 Å². The third kappa shape index (κ3) is 4.83. The normalized spacial score (nSPS) is 9.73. The molecule has 0 unspecified atom stereocenters. The van der Waals surface area contributed by atoms with Crippen LogP contribution < -0.4 is 10.1 Å². The Hall–Kier alpha value is -1.03. The number of rotatable bonds is 5. The number of hydrogen-bond acceptors (Lipinski definition) is 2. The maximum absolute atomic E-state index is 10.8. The third-order valence-corrected chi connectivity index (χ3v) is 2.26. The van der Waals surface area contributed by atoms with Crippen LogP contribution in [-0.2, 0) is 4.79 Å². The summed E-state index contributed by atoms with van der Waals surface area (Å²) < 4.78 is 5.49. The average Bonchev–Trinajstić information content (AvgIpc) is 2.18. The van der Waals surface area contributed by atoms with Gasteiger partial charge >= 0.3 is 0 Å². The van der Waals surface area contributed by atoms with Crippen LogP contribution in [0.1, 0.15) is 13.3 Å². The zero-order valence-electron chi connectivity index (χ0n) is 8.63. The topological polar surface area (TPSA) is 38.3 Å². The molecular weight excluding hydrogens is 258 g/mol. The number of carbonyl (C=O) groups is 1. The van der Waals surface area contributed by atoms with Gasteiger partial charge in [0.15, 0.2) is 0 Å². The molecule has 82 valence electrons. The molecule has 0 aliphatic carbocycles. The number of ether oxygens (including phenoxy) is 1. The third-order valence-electron chi connectivity index (χ3n) is 1.70. The van der Waals surface area contributed by atoms with Crippen molar-refractivity contribution in [3.63, 3.8) is 0 Å². The van der Waals surface area contributed by atoms with E-state index in [-0.39, 0.29) is 5.91 Å². The predicted octanol–water partition coefficient (Wildman–Crippen LogP) is 2.81. The second kappa shape index (κ2) is 6.45. The largest absolute Gasteiger partial charge is 0.493 e. The van der Waals surface area contributed by atoms with Crippen LogP contribution in [0.15, 0.2) is 24.3 Å². The molecule has 1 N–H and O–H groups in total. The number of hydrogen-bond donors (Lipinski definition) is 1. The lowest BCUT2D eigenvalue weighted by atomic mass is 10.3. The van der Waals surface area contributed by atoms with E-state index in [0.717, 1.165) is 23.2 Å². The first-order chi connectivity index (χ1) is 7.22. The van der Waals surface area contributed by atoms with Gasteiger partial charge in [-0.05, 0) is 18.6 Å². The average molecular weight is 272 g/mol. The Balaban J connectivity index is 2.53. The summed E-state index contributed by atoms with van der Waals surface area (Å²) in [5.41, 5.74) is 0.763. The van der Waals surface area contributed by atoms with Crippen LogP contribution in [0, 0.1) is 0 Å². The fourth-order valence-electron chi connectivity index (χ4n) is 1.11. The molecule has 15 heavy (non-hydrogen) atoms. The lowest BCUT2D eigenvalue weighted by Crippen LogP contribution is -2.06. The van der Waals surface area contributed by atoms with E-state index in [0.29, 0.717) is 6.61 Å². The van der Waals surface area contributed by atoms with Crippen molar-refractivity contribution in [2.75, 3.05) is 17.3 Å². The van der Waals surface area contributed by atoms with Gasteiger partial charge in [-0.25, -0.2) is 0 Å². The maximum atomic E-state index is 10.8. The van der Waals surface area contributed by atoms with Crippen molar-refractivity contribution < 1.29 is 9.53 Å². The summed E-state index contributed by atoms with van der Waals surface area (Å²) in [5.74, 6) is 0.704. The summed E-state index contributed by atoms with van der Waals surface area (Å²) in [6.07, 6.45) is 0.963. The van der Waals surface area contributed by atoms with E-state index in [4.69, 9.17) is 4.74 Å². The lowest BCUT2D eigenvalue weighted by molar-refractivity contribution is -0.114. The molecule has 1 rings (SSSR count). The molecular formula is C11H14BrNO2. The standard InChI is InChI=1S/C11H14BrNO2/c1-9(14)13-10-4-2-5-11(8-10)15-7-3-6-12/h2,4-5,8H,3,6-7H2,1H3,(H,13,14). The summed E-state index contributed by atoms with van der Waals surface area (Å²) >= 11 is 3.33. The molecule has 0 spiro atoms. The van der Waals surface area contributed by atoms with Crippen LogP contribution in [0.4, 0.5) is 5.69 Å². The highest BCUT2D eigenvalue weighted by atomic mass is 79.9. The number of halogens is 1. The number of anilines is 1. The zero-order chi connectivity index (χ0) is 11.1. The second-order valence-electron chi connectivity index (χ2n) is 3.10. The summed E-state index contributed by atoms with van der Waals surface area (Å²) in [4.78, 5) is 10.8. The first-order valence-electron chi connectivity index (χ1n) is 4.79. The van der Waals surface area contributed by atoms with Crippen molar-refractivity contribution in [2.24, 2.45) is 0 Å². The molecule has 0 fully saturated rings. The molecule has 0 aliphatic rings. The van der Waals surface area contributed by atoms with Crippen molar-refractivity contribution in [3.8, 4) is 5.75 Å². The van der Waals surface area contributed by atoms with Crippen molar-refractivity contribution in [1.82, 2.24) is 0 Å². The molecule has 0 saturated carbocycles. The summed E-state index contributed by atoms with van der Waals surface area (Å²) in [5, 5.41) is 3.64. The summed E-state index contributed by atoms with van der Waals surface area (Å²) in [6.45, 7) is 2.16. The molecule has 1 amide bonds. The van der Waals surface area contributed by atoms with E-state index in [9.17, 15) is 4.79 Å². The van der Waals surface area contributed by atoms with Gasteiger partial charge in [0.25, 0.3) is 0 Å². The van der Waals surface area contributed by atoms with E-state index >= 15 is 0 Å². The maximum Gasteiger partial charge on any atom is 0.221 e. The molecule has 1 aromatic carbocycles. The number of nitrogens with one attached hydrogen (secondary N) is 1. The Morgan fingerprint density at radius 2 is 2.33 bits per heavy atom. The highest BCUT2D eigenvalue weighted by Crippen LogP contribution is 2.17. The van der Waals surface area contributed by atoms with E-state index in [2.05, 4.69) is 21.2 Å². The monoisotopic (exact) mass is 271 g/mol. The van der Waals surface area contributed by atoms with Crippen LogP contribution in [0.3, 0.4) is 0 Å². The summed E-state index contributed by atoms with van der Waals surface area (Å²) in [6, 6.07) is 7.38. The van der Waals surface area contributed by atoms with E-state index in [1.807, 2.05) is 24.3 Å². The molecule has 1 aromatic rings. The highest BCUT2D eigenvalue weighted by Gasteiger charge is 1.98. The van der Waals surface area contributed by atoms with Crippen LogP contribution in [0.25, 0.3) is 0 Å². The van der Waals surface area contributed by atoms with Gasteiger partial charge in [0.1, 0.15) is 5.75 Å². The van der Waals surface area contributed by atoms with Gasteiger partial charge in [-0.1, -0.05) is 22.0 Å². The molecule has 0 aliphatic heterocycles.